The predicted octanol–water partition coefficient (Wildman–Crippen LogP) is -8.94. The lowest BCUT2D eigenvalue weighted by atomic mass is 9.93. The van der Waals surface area contributed by atoms with E-state index >= 15 is 0 Å². The van der Waals surface area contributed by atoms with Gasteiger partial charge in [0.25, 0.3) is 0 Å². The Morgan fingerprint density at radius 3 is 1.30 bits per heavy atom. The smallest absolute Gasteiger partial charge is 0.115 e. The molecule has 47 heavy (non-hydrogen) atoms. The van der Waals surface area contributed by atoms with Gasteiger partial charge in [0.2, 0.25) is 0 Å². The third kappa shape index (κ3) is 8.57. The number of aliphatic hydroxyl groups excluding tert-OH is 13. The maximum atomic E-state index is 11.0. The summed E-state index contributed by atoms with van der Waals surface area (Å²) in [6.45, 7) is -4.43. The van der Waals surface area contributed by atoms with Crippen LogP contribution in [0.3, 0.4) is 0 Å². The fourth-order valence-electron chi connectivity index (χ4n) is 6.16. The lowest BCUT2D eigenvalue weighted by Crippen LogP contribution is -2.64. The Kier molecular flexibility index (Phi) is 14.5. The average molecular weight is 693 g/mol. The molecule has 4 fully saturated rings. The van der Waals surface area contributed by atoms with Crippen LogP contribution in [0.2, 0.25) is 0 Å². The second-order valence-electron chi connectivity index (χ2n) is 12.1. The number of hydrogen-bond donors (Lipinski definition) is 13. The molecule has 20 nitrogen and oxygen atoms in total. The van der Waals surface area contributed by atoms with E-state index in [2.05, 4.69) is 0 Å². The summed E-state index contributed by atoms with van der Waals surface area (Å²) in [5.41, 5.74) is 0. The fourth-order valence-corrected chi connectivity index (χ4v) is 6.16. The van der Waals surface area contributed by atoms with Crippen molar-refractivity contribution in [2.45, 2.75) is 116 Å². The van der Waals surface area contributed by atoms with E-state index in [1.54, 1.807) is 0 Å². The minimum Gasteiger partial charge on any atom is -0.394 e. The van der Waals surface area contributed by atoms with Crippen LogP contribution in [0.1, 0.15) is 0 Å². The van der Waals surface area contributed by atoms with E-state index < -0.39 is 162 Å². The highest BCUT2D eigenvalue weighted by Gasteiger charge is 2.50. The molecule has 19 atom stereocenters. The van der Waals surface area contributed by atoms with Gasteiger partial charge in [-0.2, -0.15) is 0 Å². The summed E-state index contributed by atoms with van der Waals surface area (Å²) in [6.07, 6.45) is -27.0. The van der Waals surface area contributed by atoms with Crippen LogP contribution in [0.5, 0.6) is 0 Å². The Bertz CT molecular complexity index is 929. The lowest BCUT2D eigenvalue weighted by molar-refractivity contribution is -0.288. The van der Waals surface area contributed by atoms with Gasteiger partial charge in [-0.05, 0) is 0 Å². The van der Waals surface area contributed by atoms with Crippen molar-refractivity contribution < 1.29 is 99.5 Å². The molecule has 0 bridgehead atoms. The Morgan fingerprint density at radius 1 is 0.383 bits per heavy atom. The summed E-state index contributed by atoms with van der Waals surface area (Å²) < 4.78 is 38.8. The number of aliphatic hydroxyl groups is 13. The molecule has 0 spiro atoms. The van der Waals surface area contributed by atoms with Crippen molar-refractivity contribution in [2.75, 3.05) is 52.9 Å². The number of hydrogen-bond acceptors (Lipinski definition) is 20. The molecule has 0 amide bonds. The van der Waals surface area contributed by atoms with Gasteiger partial charge in [-0.25, -0.2) is 0 Å². The van der Waals surface area contributed by atoms with Gasteiger partial charge in [-0.3, -0.25) is 0 Å². The highest BCUT2D eigenvalue weighted by atomic mass is 16.6. The topological polar surface area (TPSA) is 328 Å². The van der Waals surface area contributed by atoms with Gasteiger partial charge in [0, 0.05) is 0 Å². The van der Waals surface area contributed by atoms with E-state index in [9.17, 15) is 66.4 Å². The van der Waals surface area contributed by atoms with Gasteiger partial charge in [0.1, 0.15) is 116 Å². The summed E-state index contributed by atoms with van der Waals surface area (Å²) in [5, 5.41) is 132. The molecule has 0 aromatic carbocycles. The molecule has 0 aromatic heterocycles. The molecule has 8 unspecified atom stereocenters. The van der Waals surface area contributed by atoms with Crippen LogP contribution in [0, 0.1) is 0 Å². The van der Waals surface area contributed by atoms with E-state index in [0.717, 1.165) is 0 Å². The molecule has 0 saturated carbocycles. The first kappa shape index (κ1) is 39.0. The van der Waals surface area contributed by atoms with Gasteiger partial charge in [-0.15, -0.1) is 0 Å². The van der Waals surface area contributed by atoms with Crippen LogP contribution in [-0.2, 0) is 33.2 Å². The zero-order valence-electron chi connectivity index (χ0n) is 25.3. The van der Waals surface area contributed by atoms with Crippen molar-refractivity contribution in [3.05, 3.63) is 0 Å². The second-order valence-corrected chi connectivity index (χ2v) is 12.1. The average Bonchev–Trinajstić information content (AvgIpc) is 3.06. The minimum absolute atomic E-state index is 0.234. The SMILES string of the molecule is OCC1O[C@H](CO[C@H]2C(O)[C@@H](CO[C@@H]3C(CO)O[C@H](CO[C@@H]4C(CO)OCC(O)[C@@H]4O)C(O)[C@@H]3O)OC(CO)[C@H]2O)C(O)[C@H](O)[C@@H]1O. The van der Waals surface area contributed by atoms with E-state index in [4.69, 9.17) is 33.2 Å². The summed E-state index contributed by atoms with van der Waals surface area (Å²) in [7, 11) is 0. The first-order valence-electron chi connectivity index (χ1n) is 15.4. The van der Waals surface area contributed by atoms with Crippen molar-refractivity contribution in [2.24, 2.45) is 0 Å². The number of ether oxygens (including phenoxy) is 7. The van der Waals surface area contributed by atoms with E-state index in [-0.39, 0.29) is 6.61 Å². The van der Waals surface area contributed by atoms with Crippen molar-refractivity contribution in [3.8, 4) is 0 Å². The molecule has 276 valence electrons. The second kappa shape index (κ2) is 17.4. The van der Waals surface area contributed by atoms with Gasteiger partial charge in [-0.1, -0.05) is 0 Å². The van der Waals surface area contributed by atoms with Gasteiger partial charge in [0.15, 0.2) is 0 Å². The van der Waals surface area contributed by atoms with Gasteiger partial charge >= 0.3 is 0 Å². The maximum Gasteiger partial charge on any atom is 0.115 e. The van der Waals surface area contributed by atoms with E-state index in [1.165, 1.54) is 0 Å². The largest absolute Gasteiger partial charge is 0.394 e. The van der Waals surface area contributed by atoms with Crippen LogP contribution in [0.25, 0.3) is 0 Å². The Balaban J connectivity index is 1.36. The zero-order chi connectivity index (χ0) is 34.6. The first-order chi connectivity index (χ1) is 22.4. The number of rotatable bonds is 13. The van der Waals surface area contributed by atoms with Crippen molar-refractivity contribution in [3.63, 3.8) is 0 Å². The molecule has 13 N–H and O–H groups in total. The normalized spacial score (nSPS) is 49.6. The first-order valence-corrected chi connectivity index (χ1v) is 15.4. The molecule has 4 rings (SSSR count). The molecular weight excluding hydrogens is 644 g/mol. The summed E-state index contributed by atoms with van der Waals surface area (Å²) in [5.74, 6) is 0. The van der Waals surface area contributed by atoms with Crippen LogP contribution >= 0.6 is 0 Å². The molecule has 0 aromatic rings. The molecule has 20 heteroatoms. The maximum absolute atomic E-state index is 11.0. The van der Waals surface area contributed by atoms with E-state index in [1.807, 2.05) is 0 Å². The lowest BCUT2D eigenvalue weighted by Gasteiger charge is -2.46. The standard InChI is InChI=1S/C27H48O20/c28-1-10-18(34)23(39)19(35)14(45-10)7-44-27-21(37)11(2-29)46-16(22(27)38)8-43-26-13(4-31)47-15(20(36)24(26)40)6-42-25-12(3-30)41-5-9(32)17(25)33/h9-40H,1-8H2/t9?,10?,11?,12?,13?,14-,15-,16-,17+,18-,19?,20?,21-,22?,23-,24+,25-,26-,27-/m1/s1. The predicted molar refractivity (Wildman–Crippen MR) is 147 cm³/mol. The monoisotopic (exact) mass is 692 g/mol. The molecular formula is C27H48O20. The third-order valence-electron chi connectivity index (χ3n) is 9.04. The quantitative estimate of drug-likeness (QED) is 0.0852. The molecule has 4 aliphatic heterocycles. The minimum atomic E-state index is -1.69. The zero-order valence-corrected chi connectivity index (χ0v) is 25.3. The van der Waals surface area contributed by atoms with Gasteiger partial charge < -0.3 is 99.5 Å². The highest BCUT2D eigenvalue weighted by molar-refractivity contribution is 4.98. The van der Waals surface area contributed by atoms with Crippen molar-refractivity contribution >= 4 is 0 Å². The molecule has 4 saturated heterocycles. The Hall–Kier alpha value is -0.800. The molecule has 4 aliphatic rings. The highest BCUT2D eigenvalue weighted by Crippen LogP contribution is 2.30. The summed E-state index contributed by atoms with van der Waals surface area (Å²) in [6, 6.07) is 0. The summed E-state index contributed by atoms with van der Waals surface area (Å²) >= 11 is 0. The van der Waals surface area contributed by atoms with E-state index in [0.29, 0.717) is 0 Å². The van der Waals surface area contributed by atoms with Crippen LogP contribution in [-0.4, -0.2) is 235 Å². The molecule has 0 radical (unpaired) electrons. The van der Waals surface area contributed by atoms with Crippen LogP contribution < -0.4 is 0 Å². The molecule has 4 heterocycles. The Labute approximate surface area is 268 Å². The fraction of sp³-hybridized carbons (Fsp3) is 1.00. The van der Waals surface area contributed by atoms with Crippen molar-refractivity contribution in [1.82, 2.24) is 0 Å². The molecule has 0 aliphatic carbocycles. The van der Waals surface area contributed by atoms with Crippen molar-refractivity contribution in [1.29, 1.82) is 0 Å². The summed E-state index contributed by atoms with van der Waals surface area (Å²) in [4.78, 5) is 0. The van der Waals surface area contributed by atoms with Crippen LogP contribution in [0.15, 0.2) is 0 Å². The Morgan fingerprint density at radius 2 is 0.766 bits per heavy atom. The third-order valence-corrected chi connectivity index (χ3v) is 9.04. The van der Waals surface area contributed by atoms with Crippen LogP contribution in [0.4, 0.5) is 0 Å². The van der Waals surface area contributed by atoms with Gasteiger partial charge in [0.05, 0.1) is 52.9 Å².